The first-order valence-corrected chi connectivity index (χ1v) is 5.96. The summed E-state index contributed by atoms with van der Waals surface area (Å²) in [6.45, 7) is 0. The van der Waals surface area contributed by atoms with Crippen LogP contribution in [0.5, 0.6) is 0 Å². The molecule has 0 amide bonds. The average molecular weight is 268 g/mol. The Bertz CT molecular complexity index is 570. The van der Waals surface area contributed by atoms with Crippen LogP contribution in [0.15, 0.2) is 17.0 Å². The summed E-state index contributed by atoms with van der Waals surface area (Å²) in [6.07, 6.45) is 0.0324. The van der Waals surface area contributed by atoms with Crippen LogP contribution in [0.1, 0.15) is 10.4 Å². The third kappa shape index (κ3) is 2.34. The second kappa shape index (κ2) is 4.14. The predicted molar refractivity (Wildman–Crippen MR) is 51.5 cm³/mol. The van der Waals surface area contributed by atoms with Crippen molar-refractivity contribution in [2.24, 2.45) is 0 Å². The molecule has 0 saturated carbocycles. The highest BCUT2D eigenvalue weighted by molar-refractivity contribution is 8.13. The van der Waals surface area contributed by atoms with Crippen LogP contribution in [0.3, 0.4) is 0 Å². The molecular formula is C7H3ClFNO5S. The molecule has 0 aliphatic heterocycles. The smallest absolute Gasteiger partial charge is 0.292 e. The van der Waals surface area contributed by atoms with Gasteiger partial charge in [0.2, 0.25) is 0 Å². The van der Waals surface area contributed by atoms with Gasteiger partial charge in [-0.3, -0.25) is 14.9 Å². The third-order valence-electron chi connectivity index (χ3n) is 1.66. The fourth-order valence-corrected chi connectivity index (χ4v) is 2.01. The normalized spacial score (nSPS) is 11.1. The van der Waals surface area contributed by atoms with Crippen molar-refractivity contribution in [3.05, 3.63) is 33.6 Å². The molecule has 1 aromatic carbocycles. The lowest BCUT2D eigenvalue weighted by atomic mass is 10.2. The maximum absolute atomic E-state index is 13.0. The second-order valence-electron chi connectivity index (χ2n) is 2.65. The van der Waals surface area contributed by atoms with Crippen LogP contribution in [-0.4, -0.2) is 19.6 Å². The van der Waals surface area contributed by atoms with Crippen molar-refractivity contribution in [1.82, 2.24) is 0 Å². The monoisotopic (exact) mass is 267 g/mol. The van der Waals surface area contributed by atoms with Gasteiger partial charge < -0.3 is 0 Å². The Morgan fingerprint density at radius 2 is 2.00 bits per heavy atom. The number of hydrogen-bond donors (Lipinski definition) is 0. The highest BCUT2D eigenvalue weighted by atomic mass is 35.7. The maximum Gasteiger partial charge on any atom is 0.292 e. The number of carbonyl (C=O) groups excluding carboxylic acids is 1. The van der Waals surface area contributed by atoms with E-state index in [0.717, 1.165) is 0 Å². The molecule has 1 aromatic rings. The summed E-state index contributed by atoms with van der Waals surface area (Å²) in [5.41, 5.74) is -1.64. The first-order valence-electron chi connectivity index (χ1n) is 3.65. The molecule has 86 valence electrons. The van der Waals surface area contributed by atoms with E-state index in [1.165, 1.54) is 0 Å². The summed E-state index contributed by atoms with van der Waals surface area (Å²) in [5.74, 6) is -1.19. The molecule has 0 spiro atoms. The van der Waals surface area contributed by atoms with Crippen LogP contribution in [0.4, 0.5) is 10.1 Å². The molecule has 0 radical (unpaired) electrons. The molecule has 9 heteroatoms. The third-order valence-corrected chi connectivity index (χ3v) is 3.02. The minimum atomic E-state index is -4.42. The summed E-state index contributed by atoms with van der Waals surface area (Å²) < 4.78 is 34.9. The molecule has 0 N–H and O–H groups in total. The van der Waals surface area contributed by atoms with Crippen molar-refractivity contribution in [3.63, 3.8) is 0 Å². The summed E-state index contributed by atoms with van der Waals surface area (Å²) in [7, 11) is 0.496. The summed E-state index contributed by atoms with van der Waals surface area (Å²) in [6, 6.07) is 0.849. The van der Waals surface area contributed by atoms with Crippen LogP contribution >= 0.6 is 10.7 Å². The fourth-order valence-electron chi connectivity index (χ4n) is 0.987. The van der Waals surface area contributed by atoms with Crippen LogP contribution in [0, 0.1) is 15.9 Å². The zero-order valence-corrected chi connectivity index (χ0v) is 8.96. The molecule has 0 unspecified atom stereocenters. The van der Waals surface area contributed by atoms with Gasteiger partial charge in [0.15, 0.2) is 11.2 Å². The first kappa shape index (κ1) is 12.5. The van der Waals surface area contributed by atoms with Crippen molar-refractivity contribution >= 4 is 31.7 Å². The Morgan fingerprint density at radius 1 is 1.44 bits per heavy atom. The predicted octanol–water partition coefficient (Wildman–Crippen LogP) is 1.47. The molecule has 0 aromatic heterocycles. The molecule has 1 rings (SSSR count). The van der Waals surface area contributed by atoms with Crippen molar-refractivity contribution in [1.29, 1.82) is 0 Å². The topological polar surface area (TPSA) is 94.3 Å². The highest BCUT2D eigenvalue weighted by Crippen LogP contribution is 2.28. The molecule has 0 aliphatic rings. The standard InChI is InChI=1S/C7H3ClFNO5S/c8-16(14,15)7-1-4(3-11)5(9)2-6(7)10(12)13/h1-3H. The molecular weight excluding hydrogens is 265 g/mol. The number of carbonyl (C=O) groups is 1. The van der Waals surface area contributed by atoms with E-state index < -0.39 is 35.9 Å². The largest absolute Gasteiger partial charge is 0.298 e. The Labute approximate surface area is 93.2 Å². The maximum atomic E-state index is 13.0. The number of benzene rings is 1. The molecule has 6 nitrogen and oxygen atoms in total. The lowest BCUT2D eigenvalue weighted by Gasteiger charge is -2.01. The van der Waals surface area contributed by atoms with Gasteiger partial charge in [0.1, 0.15) is 5.82 Å². The van der Waals surface area contributed by atoms with E-state index in [4.69, 9.17) is 10.7 Å². The van der Waals surface area contributed by atoms with E-state index in [1.54, 1.807) is 0 Å². The lowest BCUT2D eigenvalue weighted by molar-refractivity contribution is -0.388. The van der Waals surface area contributed by atoms with E-state index in [0.29, 0.717) is 12.1 Å². The number of nitro benzene ring substituents is 1. The number of nitrogens with zero attached hydrogens (tertiary/aromatic N) is 1. The van der Waals surface area contributed by atoms with Gasteiger partial charge in [-0.25, -0.2) is 12.8 Å². The fraction of sp³-hybridized carbons (Fsp3) is 0. The zero-order chi connectivity index (χ0) is 12.5. The van der Waals surface area contributed by atoms with E-state index >= 15 is 0 Å². The molecule has 0 bridgehead atoms. The second-order valence-corrected chi connectivity index (χ2v) is 5.19. The van der Waals surface area contributed by atoms with Crippen LogP contribution in [0.25, 0.3) is 0 Å². The quantitative estimate of drug-likeness (QED) is 0.358. The van der Waals surface area contributed by atoms with Crippen LogP contribution in [-0.2, 0) is 9.05 Å². The summed E-state index contributed by atoms with van der Waals surface area (Å²) >= 11 is 0. The minimum absolute atomic E-state index is 0.0324. The van der Waals surface area contributed by atoms with E-state index in [-0.39, 0.29) is 6.29 Å². The van der Waals surface area contributed by atoms with Crippen molar-refractivity contribution in [2.45, 2.75) is 4.90 Å². The molecule has 16 heavy (non-hydrogen) atoms. The molecule has 0 aliphatic carbocycles. The van der Waals surface area contributed by atoms with Crippen LogP contribution < -0.4 is 0 Å². The lowest BCUT2D eigenvalue weighted by Crippen LogP contribution is -2.02. The summed E-state index contributed by atoms with van der Waals surface area (Å²) in [5, 5.41) is 10.4. The number of halogens is 2. The average Bonchev–Trinajstić information content (AvgIpc) is 2.15. The zero-order valence-electron chi connectivity index (χ0n) is 7.38. The van der Waals surface area contributed by atoms with E-state index in [9.17, 15) is 27.7 Å². The SMILES string of the molecule is O=Cc1cc(S(=O)(=O)Cl)c([N+](=O)[O-])cc1F. The van der Waals surface area contributed by atoms with Gasteiger partial charge in [0.25, 0.3) is 14.7 Å². The Kier molecular flexibility index (Phi) is 3.24. The van der Waals surface area contributed by atoms with Crippen molar-refractivity contribution in [2.75, 3.05) is 0 Å². The summed E-state index contributed by atoms with van der Waals surface area (Å²) in [4.78, 5) is 18.8. The minimum Gasteiger partial charge on any atom is -0.298 e. The highest BCUT2D eigenvalue weighted by Gasteiger charge is 2.26. The van der Waals surface area contributed by atoms with Gasteiger partial charge in [-0.15, -0.1) is 0 Å². The number of hydrogen-bond acceptors (Lipinski definition) is 5. The molecule has 0 heterocycles. The first-order chi connectivity index (χ1) is 7.27. The molecule has 0 atom stereocenters. The Hall–Kier alpha value is -1.54. The van der Waals surface area contributed by atoms with Gasteiger partial charge in [0, 0.05) is 10.7 Å². The van der Waals surface area contributed by atoms with Crippen molar-refractivity contribution in [3.8, 4) is 0 Å². The van der Waals surface area contributed by atoms with Gasteiger partial charge in [0.05, 0.1) is 16.6 Å². The Balaban J connectivity index is 3.69. The number of aldehydes is 1. The van der Waals surface area contributed by atoms with E-state index in [2.05, 4.69) is 0 Å². The van der Waals surface area contributed by atoms with Gasteiger partial charge in [-0.1, -0.05) is 0 Å². The van der Waals surface area contributed by atoms with Gasteiger partial charge >= 0.3 is 0 Å². The van der Waals surface area contributed by atoms with Crippen LogP contribution in [0.2, 0.25) is 0 Å². The van der Waals surface area contributed by atoms with E-state index in [1.807, 2.05) is 0 Å². The van der Waals surface area contributed by atoms with Crippen molar-refractivity contribution < 1.29 is 22.5 Å². The van der Waals surface area contributed by atoms with Gasteiger partial charge in [-0.05, 0) is 6.07 Å². The molecule has 0 saturated heterocycles. The molecule has 0 fully saturated rings. The van der Waals surface area contributed by atoms with Gasteiger partial charge in [-0.2, -0.15) is 0 Å². The number of nitro groups is 1. The number of rotatable bonds is 3. The Morgan fingerprint density at radius 3 is 2.38 bits per heavy atom.